The van der Waals surface area contributed by atoms with Gasteiger partial charge in [-0.1, -0.05) is 55.5 Å². The highest BCUT2D eigenvalue weighted by molar-refractivity contribution is 5.39. The molecule has 2 nitrogen and oxygen atoms in total. The van der Waals surface area contributed by atoms with Gasteiger partial charge in [-0.2, -0.15) is 0 Å². The van der Waals surface area contributed by atoms with Crippen LogP contribution in [0.5, 0.6) is 5.75 Å². The van der Waals surface area contributed by atoms with Crippen LogP contribution in [-0.4, -0.2) is 6.61 Å². The van der Waals surface area contributed by atoms with Crippen molar-refractivity contribution < 1.29 is 4.74 Å². The molecule has 2 heteroatoms. The van der Waals surface area contributed by atoms with Crippen molar-refractivity contribution in [2.45, 2.75) is 38.6 Å². The molecule has 0 aliphatic heterocycles. The van der Waals surface area contributed by atoms with Gasteiger partial charge in [-0.3, -0.25) is 0 Å². The predicted octanol–water partition coefficient (Wildman–Crippen LogP) is 4.84. The summed E-state index contributed by atoms with van der Waals surface area (Å²) in [5.41, 5.74) is 9.82. The van der Waals surface area contributed by atoms with Crippen LogP contribution < -0.4 is 10.5 Å². The van der Waals surface area contributed by atoms with E-state index in [2.05, 4.69) is 49.9 Å². The van der Waals surface area contributed by atoms with Gasteiger partial charge in [0.2, 0.25) is 0 Å². The molecule has 2 aromatic rings. The number of aryl methyl sites for hydroxylation is 1. The van der Waals surface area contributed by atoms with Crippen molar-refractivity contribution in [2.24, 2.45) is 5.73 Å². The van der Waals surface area contributed by atoms with Crippen molar-refractivity contribution in [3.8, 4) is 5.75 Å². The first-order valence-corrected chi connectivity index (χ1v) is 8.40. The molecule has 0 spiro atoms. The zero-order chi connectivity index (χ0) is 16.5. The molecule has 23 heavy (non-hydrogen) atoms. The zero-order valence-electron chi connectivity index (χ0n) is 14.0. The van der Waals surface area contributed by atoms with E-state index in [9.17, 15) is 0 Å². The van der Waals surface area contributed by atoms with E-state index in [1.807, 2.05) is 18.2 Å². The molecule has 2 aromatic carbocycles. The molecule has 0 heterocycles. The van der Waals surface area contributed by atoms with Crippen LogP contribution in [0.1, 0.15) is 42.5 Å². The number of ether oxygens (including phenoxy) is 1. The van der Waals surface area contributed by atoms with E-state index in [1.165, 1.54) is 16.7 Å². The highest BCUT2D eigenvalue weighted by Gasteiger charge is 2.08. The summed E-state index contributed by atoms with van der Waals surface area (Å²) in [6.07, 6.45) is 5.70. The maximum Gasteiger partial charge on any atom is 0.122 e. The van der Waals surface area contributed by atoms with Gasteiger partial charge in [-0.25, -0.2) is 0 Å². The van der Waals surface area contributed by atoms with Gasteiger partial charge >= 0.3 is 0 Å². The Labute approximate surface area is 140 Å². The summed E-state index contributed by atoms with van der Waals surface area (Å²) in [5.74, 6) is 0.949. The summed E-state index contributed by atoms with van der Waals surface area (Å²) in [7, 11) is 0. The van der Waals surface area contributed by atoms with Crippen molar-refractivity contribution in [1.29, 1.82) is 0 Å². The van der Waals surface area contributed by atoms with Crippen LogP contribution in [0.2, 0.25) is 0 Å². The van der Waals surface area contributed by atoms with E-state index in [1.54, 1.807) is 0 Å². The van der Waals surface area contributed by atoms with Gasteiger partial charge in [-0.15, -0.1) is 6.58 Å². The third kappa shape index (κ3) is 5.26. The summed E-state index contributed by atoms with van der Waals surface area (Å²) in [5, 5.41) is 0. The van der Waals surface area contributed by atoms with Crippen molar-refractivity contribution in [3.05, 3.63) is 77.9 Å². The minimum absolute atomic E-state index is 0.0886. The normalized spacial score (nSPS) is 11.9. The SMILES string of the molecule is C=CCc1cc(C(N)CC)ccc1OCCCc1ccccc1. The van der Waals surface area contributed by atoms with E-state index >= 15 is 0 Å². The van der Waals surface area contributed by atoms with E-state index in [0.717, 1.165) is 38.0 Å². The minimum Gasteiger partial charge on any atom is -0.493 e. The summed E-state index contributed by atoms with van der Waals surface area (Å²) < 4.78 is 5.99. The highest BCUT2D eigenvalue weighted by Crippen LogP contribution is 2.25. The molecule has 0 fully saturated rings. The Bertz CT molecular complexity index is 606. The van der Waals surface area contributed by atoms with Crippen molar-refractivity contribution in [2.75, 3.05) is 6.61 Å². The average molecular weight is 309 g/mol. The van der Waals surface area contributed by atoms with Crippen LogP contribution in [0.15, 0.2) is 61.2 Å². The molecule has 0 saturated carbocycles. The lowest BCUT2D eigenvalue weighted by atomic mass is 10.0. The maximum absolute atomic E-state index is 6.13. The Hall–Kier alpha value is -2.06. The minimum atomic E-state index is 0.0886. The zero-order valence-corrected chi connectivity index (χ0v) is 14.0. The van der Waals surface area contributed by atoms with Crippen LogP contribution in [0, 0.1) is 0 Å². The number of rotatable bonds is 9. The molecule has 0 aromatic heterocycles. The molecular weight excluding hydrogens is 282 g/mol. The third-order valence-electron chi connectivity index (χ3n) is 4.03. The van der Waals surface area contributed by atoms with Gasteiger partial charge < -0.3 is 10.5 Å². The van der Waals surface area contributed by atoms with E-state index in [-0.39, 0.29) is 6.04 Å². The fourth-order valence-corrected chi connectivity index (χ4v) is 2.62. The smallest absolute Gasteiger partial charge is 0.122 e. The quantitative estimate of drug-likeness (QED) is 0.531. The largest absolute Gasteiger partial charge is 0.493 e. The lowest BCUT2D eigenvalue weighted by Crippen LogP contribution is -2.09. The summed E-state index contributed by atoms with van der Waals surface area (Å²) in [4.78, 5) is 0. The lowest BCUT2D eigenvalue weighted by Gasteiger charge is -2.15. The Morgan fingerprint density at radius 3 is 2.65 bits per heavy atom. The van der Waals surface area contributed by atoms with E-state index in [0.29, 0.717) is 0 Å². The van der Waals surface area contributed by atoms with Gasteiger partial charge in [-0.05, 0) is 48.4 Å². The van der Waals surface area contributed by atoms with Crippen molar-refractivity contribution >= 4 is 0 Å². The number of nitrogens with two attached hydrogens (primary N) is 1. The van der Waals surface area contributed by atoms with Crippen LogP contribution in [0.3, 0.4) is 0 Å². The first-order chi connectivity index (χ1) is 11.2. The van der Waals surface area contributed by atoms with E-state index in [4.69, 9.17) is 10.5 Å². The maximum atomic E-state index is 6.13. The Kier molecular flexibility index (Phi) is 6.89. The fraction of sp³-hybridized carbons (Fsp3) is 0.333. The Balaban J connectivity index is 1.94. The molecule has 0 aliphatic rings. The van der Waals surface area contributed by atoms with Crippen molar-refractivity contribution in [1.82, 2.24) is 0 Å². The number of benzene rings is 2. The summed E-state index contributed by atoms with van der Waals surface area (Å²) in [6.45, 7) is 6.66. The first-order valence-electron chi connectivity index (χ1n) is 8.40. The standard InChI is InChI=1S/C21H27NO/c1-3-9-19-16-18(20(22)4-2)13-14-21(19)23-15-8-12-17-10-6-5-7-11-17/h3,5-7,10-11,13-14,16,20H,1,4,8-9,12,15,22H2,2H3. The lowest BCUT2D eigenvalue weighted by molar-refractivity contribution is 0.308. The second-order valence-electron chi connectivity index (χ2n) is 5.81. The molecule has 1 atom stereocenters. The fourth-order valence-electron chi connectivity index (χ4n) is 2.62. The molecule has 1 unspecified atom stereocenters. The monoisotopic (exact) mass is 309 g/mol. The number of hydrogen-bond donors (Lipinski definition) is 1. The van der Waals surface area contributed by atoms with Gasteiger partial charge in [0.1, 0.15) is 5.75 Å². The van der Waals surface area contributed by atoms with E-state index < -0.39 is 0 Å². The molecule has 0 amide bonds. The average Bonchev–Trinajstić information content (AvgIpc) is 2.60. The molecule has 0 radical (unpaired) electrons. The second kappa shape index (κ2) is 9.16. The Morgan fingerprint density at radius 1 is 1.17 bits per heavy atom. The highest BCUT2D eigenvalue weighted by atomic mass is 16.5. The van der Waals surface area contributed by atoms with Gasteiger partial charge in [0.05, 0.1) is 6.61 Å². The van der Waals surface area contributed by atoms with Crippen LogP contribution in [0.4, 0.5) is 0 Å². The number of allylic oxidation sites excluding steroid dienone is 1. The number of hydrogen-bond acceptors (Lipinski definition) is 2. The molecule has 2 N–H and O–H groups in total. The molecule has 0 aliphatic carbocycles. The molecule has 0 saturated heterocycles. The van der Waals surface area contributed by atoms with Gasteiger partial charge in [0.25, 0.3) is 0 Å². The second-order valence-corrected chi connectivity index (χ2v) is 5.81. The molecule has 0 bridgehead atoms. The van der Waals surface area contributed by atoms with Crippen LogP contribution in [0.25, 0.3) is 0 Å². The van der Waals surface area contributed by atoms with Crippen molar-refractivity contribution in [3.63, 3.8) is 0 Å². The first kappa shape index (κ1) is 17.3. The molecule has 2 rings (SSSR count). The molecule has 122 valence electrons. The molecular formula is C21H27NO. The summed E-state index contributed by atoms with van der Waals surface area (Å²) in [6, 6.07) is 16.9. The van der Waals surface area contributed by atoms with Crippen LogP contribution in [-0.2, 0) is 12.8 Å². The van der Waals surface area contributed by atoms with Gasteiger partial charge in [0, 0.05) is 6.04 Å². The predicted molar refractivity (Wildman–Crippen MR) is 97.8 cm³/mol. The summed E-state index contributed by atoms with van der Waals surface area (Å²) >= 11 is 0. The van der Waals surface area contributed by atoms with Gasteiger partial charge in [0.15, 0.2) is 0 Å². The Morgan fingerprint density at radius 2 is 1.96 bits per heavy atom. The topological polar surface area (TPSA) is 35.2 Å². The van der Waals surface area contributed by atoms with Crippen LogP contribution >= 0.6 is 0 Å². The third-order valence-corrected chi connectivity index (χ3v) is 4.03.